The van der Waals surface area contributed by atoms with E-state index in [1.807, 2.05) is 46.4 Å². The monoisotopic (exact) mass is 387 g/mol. The maximum absolute atomic E-state index is 12.8. The second-order valence-electron chi connectivity index (χ2n) is 6.20. The minimum Gasteiger partial charge on any atom is -0.422 e. The summed E-state index contributed by atoms with van der Waals surface area (Å²) in [5, 5.41) is 5.47. The van der Waals surface area contributed by atoms with E-state index >= 15 is 0 Å². The molecule has 0 aliphatic carbocycles. The van der Waals surface area contributed by atoms with Gasteiger partial charge in [0, 0.05) is 28.7 Å². The Morgan fingerprint density at radius 2 is 1.93 bits per heavy atom. The zero-order chi connectivity index (χ0) is 19.1. The van der Waals surface area contributed by atoms with E-state index in [4.69, 9.17) is 4.42 Å². The van der Waals surface area contributed by atoms with Crippen LogP contribution in [0.4, 0.5) is 5.69 Å². The zero-order valence-corrected chi connectivity index (χ0v) is 15.3. The van der Waals surface area contributed by atoms with Crippen molar-refractivity contribution in [3.05, 3.63) is 88.4 Å². The molecule has 0 saturated heterocycles. The number of imidazole rings is 1. The van der Waals surface area contributed by atoms with E-state index in [9.17, 15) is 9.59 Å². The van der Waals surface area contributed by atoms with Crippen molar-refractivity contribution in [3.8, 4) is 11.3 Å². The SMILES string of the molecule is O=C(Nc1ccccc1-c1cn2ccsc2n1)c1cc2ccccc2oc1=O. The third kappa shape index (κ3) is 2.78. The van der Waals surface area contributed by atoms with Gasteiger partial charge in [-0.05, 0) is 18.2 Å². The first-order chi connectivity index (χ1) is 13.7. The lowest BCUT2D eigenvalue weighted by molar-refractivity contribution is 0.102. The van der Waals surface area contributed by atoms with Crippen LogP contribution in [0.5, 0.6) is 0 Å². The Labute approximate surface area is 162 Å². The maximum Gasteiger partial charge on any atom is 0.349 e. The summed E-state index contributed by atoms with van der Waals surface area (Å²) < 4.78 is 7.19. The number of hydrogen-bond donors (Lipinski definition) is 1. The number of para-hydroxylation sites is 2. The second-order valence-corrected chi connectivity index (χ2v) is 7.08. The number of nitrogens with zero attached hydrogens (tertiary/aromatic N) is 2. The molecule has 6 nitrogen and oxygen atoms in total. The lowest BCUT2D eigenvalue weighted by atomic mass is 10.1. The van der Waals surface area contributed by atoms with E-state index in [-0.39, 0.29) is 5.56 Å². The minimum atomic E-state index is -0.670. The van der Waals surface area contributed by atoms with Crippen LogP contribution in [0.25, 0.3) is 27.2 Å². The number of thiazole rings is 1. The molecule has 1 N–H and O–H groups in total. The van der Waals surface area contributed by atoms with Gasteiger partial charge in [0.05, 0.1) is 11.4 Å². The van der Waals surface area contributed by atoms with E-state index in [0.29, 0.717) is 16.7 Å². The molecule has 0 radical (unpaired) electrons. The largest absolute Gasteiger partial charge is 0.422 e. The number of amides is 1. The van der Waals surface area contributed by atoms with Crippen molar-refractivity contribution < 1.29 is 9.21 Å². The molecule has 0 aliphatic rings. The predicted molar refractivity (Wildman–Crippen MR) is 109 cm³/mol. The summed E-state index contributed by atoms with van der Waals surface area (Å²) in [6.45, 7) is 0. The molecule has 0 unspecified atom stereocenters. The van der Waals surface area contributed by atoms with Crippen molar-refractivity contribution in [1.29, 1.82) is 0 Å². The van der Waals surface area contributed by atoms with Gasteiger partial charge in [-0.3, -0.25) is 9.20 Å². The van der Waals surface area contributed by atoms with Gasteiger partial charge in [-0.2, -0.15) is 0 Å². The van der Waals surface area contributed by atoms with Gasteiger partial charge in [-0.25, -0.2) is 9.78 Å². The average molecular weight is 387 g/mol. The number of aromatic nitrogens is 2. The van der Waals surface area contributed by atoms with E-state index in [1.54, 1.807) is 30.3 Å². The van der Waals surface area contributed by atoms with Crippen LogP contribution >= 0.6 is 11.3 Å². The van der Waals surface area contributed by atoms with Crippen LogP contribution < -0.4 is 10.9 Å². The highest BCUT2D eigenvalue weighted by molar-refractivity contribution is 7.15. The van der Waals surface area contributed by atoms with Crippen LogP contribution in [0, 0.1) is 0 Å². The number of nitrogens with one attached hydrogen (secondary N) is 1. The van der Waals surface area contributed by atoms with Crippen molar-refractivity contribution in [1.82, 2.24) is 9.38 Å². The molecule has 3 aromatic heterocycles. The molecule has 0 fully saturated rings. The van der Waals surface area contributed by atoms with Crippen molar-refractivity contribution in [2.75, 3.05) is 5.32 Å². The summed E-state index contributed by atoms with van der Waals surface area (Å²) in [5.74, 6) is -0.520. The van der Waals surface area contributed by atoms with Crippen LogP contribution in [-0.4, -0.2) is 15.3 Å². The molecule has 0 aliphatic heterocycles. The molecule has 0 spiro atoms. The molecular formula is C21H13N3O3S. The van der Waals surface area contributed by atoms with Gasteiger partial charge in [-0.1, -0.05) is 36.4 Å². The summed E-state index contributed by atoms with van der Waals surface area (Å²) >= 11 is 1.53. The van der Waals surface area contributed by atoms with Gasteiger partial charge in [0.25, 0.3) is 5.91 Å². The highest BCUT2D eigenvalue weighted by Gasteiger charge is 2.17. The Bertz CT molecular complexity index is 1370. The number of anilines is 1. The fraction of sp³-hybridized carbons (Fsp3) is 0. The predicted octanol–water partition coefficient (Wildman–Crippen LogP) is 4.42. The molecule has 2 aromatic carbocycles. The Morgan fingerprint density at radius 3 is 2.82 bits per heavy atom. The number of carbonyl (C=O) groups is 1. The first kappa shape index (κ1) is 16.5. The first-order valence-electron chi connectivity index (χ1n) is 8.55. The number of carbonyl (C=O) groups excluding carboxylic acids is 1. The second kappa shape index (κ2) is 6.47. The van der Waals surface area contributed by atoms with E-state index < -0.39 is 11.5 Å². The van der Waals surface area contributed by atoms with E-state index in [2.05, 4.69) is 10.3 Å². The molecular weight excluding hydrogens is 374 g/mol. The smallest absolute Gasteiger partial charge is 0.349 e. The number of benzene rings is 2. The van der Waals surface area contributed by atoms with Crippen molar-refractivity contribution in [2.24, 2.45) is 0 Å². The van der Waals surface area contributed by atoms with E-state index in [0.717, 1.165) is 16.2 Å². The Balaban J connectivity index is 1.53. The summed E-state index contributed by atoms with van der Waals surface area (Å²) in [7, 11) is 0. The highest BCUT2D eigenvalue weighted by atomic mass is 32.1. The number of fused-ring (bicyclic) bond motifs is 2. The van der Waals surface area contributed by atoms with Crippen molar-refractivity contribution >= 4 is 38.9 Å². The Morgan fingerprint density at radius 1 is 1.11 bits per heavy atom. The third-order valence-corrected chi connectivity index (χ3v) is 5.20. The summed E-state index contributed by atoms with van der Waals surface area (Å²) in [4.78, 5) is 30.5. The van der Waals surface area contributed by atoms with Crippen LogP contribution in [-0.2, 0) is 0 Å². The fourth-order valence-corrected chi connectivity index (χ4v) is 3.78. The molecule has 1 amide bonds. The normalized spacial score (nSPS) is 11.1. The number of rotatable bonds is 3. The zero-order valence-electron chi connectivity index (χ0n) is 14.5. The molecule has 0 atom stereocenters. The molecule has 3 heterocycles. The topological polar surface area (TPSA) is 76.6 Å². The molecule has 28 heavy (non-hydrogen) atoms. The first-order valence-corrected chi connectivity index (χ1v) is 9.43. The van der Waals surface area contributed by atoms with Crippen LogP contribution in [0.15, 0.2) is 81.6 Å². The molecule has 0 bridgehead atoms. The highest BCUT2D eigenvalue weighted by Crippen LogP contribution is 2.28. The summed E-state index contributed by atoms with van der Waals surface area (Å²) in [6, 6.07) is 16.0. The van der Waals surface area contributed by atoms with Crippen LogP contribution in [0.1, 0.15) is 10.4 Å². The lowest BCUT2D eigenvalue weighted by Crippen LogP contribution is -2.21. The molecule has 136 valence electrons. The molecule has 7 heteroatoms. The van der Waals surface area contributed by atoms with Crippen molar-refractivity contribution in [3.63, 3.8) is 0 Å². The molecule has 0 saturated carbocycles. The van der Waals surface area contributed by atoms with Gasteiger partial charge >= 0.3 is 5.63 Å². The van der Waals surface area contributed by atoms with Gasteiger partial charge in [0.1, 0.15) is 11.1 Å². The third-order valence-electron chi connectivity index (χ3n) is 4.43. The fourth-order valence-electron chi connectivity index (χ4n) is 3.08. The lowest BCUT2D eigenvalue weighted by Gasteiger charge is -2.09. The van der Waals surface area contributed by atoms with Gasteiger partial charge < -0.3 is 9.73 Å². The molecule has 5 rings (SSSR count). The maximum atomic E-state index is 12.8. The summed E-state index contributed by atoms with van der Waals surface area (Å²) in [5.41, 5.74) is 1.83. The van der Waals surface area contributed by atoms with E-state index in [1.165, 1.54) is 11.3 Å². The minimum absolute atomic E-state index is 0.0423. The quantitative estimate of drug-likeness (QED) is 0.465. The number of hydrogen-bond acceptors (Lipinski definition) is 5. The molecule has 5 aromatic rings. The van der Waals surface area contributed by atoms with Crippen LogP contribution in [0.2, 0.25) is 0 Å². The average Bonchev–Trinajstić information content (AvgIpc) is 3.30. The van der Waals surface area contributed by atoms with Gasteiger partial charge in [0.15, 0.2) is 4.96 Å². The van der Waals surface area contributed by atoms with Crippen molar-refractivity contribution in [2.45, 2.75) is 0 Å². The summed E-state index contributed by atoms with van der Waals surface area (Å²) in [6.07, 6.45) is 3.83. The Hall–Kier alpha value is -3.71. The standard InChI is InChI=1S/C21H13N3O3S/c25-19(15-11-13-5-1-4-8-18(13)27-20(15)26)22-16-7-3-2-6-14(16)17-12-24-9-10-28-21(24)23-17/h1-12H,(H,22,25). The van der Waals surface area contributed by atoms with Crippen LogP contribution in [0.3, 0.4) is 0 Å². The Kier molecular flexibility index (Phi) is 3.80. The van der Waals surface area contributed by atoms with Gasteiger partial charge in [-0.15, -0.1) is 11.3 Å². The van der Waals surface area contributed by atoms with Gasteiger partial charge in [0.2, 0.25) is 0 Å².